The molecule has 0 aliphatic carbocycles. The lowest BCUT2D eigenvalue weighted by Crippen LogP contribution is -2.40. The predicted molar refractivity (Wildman–Crippen MR) is 47.2 cm³/mol. The van der Waals surface area contributed by atoms with Gasteiger partial charge in [0, 0.05) is 12.1 Å². The van der Waals surface area contributed by atoms with E-state index in [9.17, 15) is 13.6 Å². The number of carbonyl (C=O) groups excluding carboxylic acids is 1. The largest absolute Gasteiger partial charge is 0.456 e. The fraction of sp³-hybridized carbons (Fsp3) is 0.889. The molecule has 0 radical (unpaired) electrons. The second-order valence-corrected chi connectivity index (χ2v) is 4.57. The van der Waals surface area contributed by atoms with Gasteiger partial charge in [-0.25, -0.2) is 4.79 Å². The molecule has 1 unspecified atom stereocenters. The van der Waals surface area contributed by atoms with E-state index in [0.29, 0.717) is 0 Å². The van der Waals surface area contributed by atoms with Crippen LogP contribution in [0.25, 0.3) is 0 Å². The van der Waals surface area contributed by atoms with Gasteiger partial charge in [0.1, 0.15) is 6.10 Å². The fourth-order valence-electron chi connectivity index (χ4n) is 1.18. The van der Waals surface area contributed by atoms with Gasteiger partial charge in [-0.05, 0) is 20.8 Å². The fourth-order valence-corrected chi connectivity index (χ4v) is 1.18. The van der Waals surface area contributed by atoms with Crippen molar-refractivity contribution in [3.05, 3.63) is 0 Å². The zero-order valence-electron chi connectivity index (χ0n) is 8.56. The van der Waals surface area contributed by atoms with Crippen molar-refractivity contribution in [2.75, 3.05) is 6.54 Å². The maximum Gasteiger partial charge on any atom is 0.377 e. The Bertz CT molecular complexity index is 235. The SMILES string of the molecule is CC(C)(C)NCC1CC(F)(F)C(=O)O1. The third-order valence-electron chi connectivity index (χ3n) is 1.92. The van der Waals surface area contributed by atoms with Gasteiger partial charge in [0.05, 0.1) is 6.42 Å². The number of esters is 1. The Morgan fingerprint density at radius 3 is 2.50 bits per heavy atom. The van der Waals surface area contributed by atoms with Gasteiger partial charge in [0.15, 0.2) is 0 Å². The molecule has 3 nitrogen and oxygen atoms in total. The minimum atomic E-state index is -3.30. The van der Waals surface area contributed by atoms with Gasteiger partial charge < -0.3 is 10.1 Å². The first-order valence-electron chi connectivity index (χ1n) is 4.55. The molecule has 0 saturated carbocycles. The molecule has 1 aliphatic rings. The second kappa shape index (κ2) is 3.46. The highest BCUT2D eigenvalue weighted by molar-refractivity contribution is 5.79. The lowest BCUT2D eigenvalue weighted by Gasteiger charge is -2.22. The van der Waals surface area contributed by atoms with Crippen LogP contribution in [0.1, 0.15) is 27.2 Å². The van der Waals surface area contributed by atoms with Crippen LogP contribution in [0, 0.1) is 0 Å². The number of alkyl halides is 2. The van der Waals surface area contributed by atoms with Crippen LogP contribution < -0.4 is 5.32 Å². The summed E-state index contributed by atoms with van der Waals surface area (Å²) in [6.45, 7) is 6.02. The molecule has 1 saturated heterocycles. The van der Waals surface area contributed by atoms with Crippen LogP contribution in [-0.2, 0) is 9.53 Å². The molecule has 1 aliphatic heterocycles. The Balaban J connectivity index is 2.40. The van der Waals surface area contributed by atoms with Crippen molar-refractivity contribution in [2.45, 2.75) is 44.8 Å². The molecular formula is C9H15F2NO2. The predicted octanol–water partition coefficient (Wildman–Crippen LogP) is 1.33. The molecule has 14 heavy (non-hydrogen) atoms. The molecule has 0 amide bonds. The summed E-state index contributed by atoms with van der Waals surface area (Å²) in [6.07, 6.45) is -1.23. The number of hydrogen-bond acceptors (Lipinski definition) is 3. The highest BCUT2D eigenvalue weighted by Gasteiger charge is 2.50. The van der Waals surface area contributed by atoms with Crippen molar-refractivity contribution in [1.29, 1.82) is 0 Å². The van der Waals surface area contributed by atoms with Crippen LogP contribution in [0.15, 0.2) is 0 Å². The molecule has 1 atom stereocenters. The van der Waals surface area contributed by atoms with Crippen LogP contribution in [0.3, 0.4) is 0 Å². The summed E-state index contributed by atoms with van der Waals surface area (Å²) >= 11 is 0. The summed E-state index contributed by atoms with van der Waals surface area (Å²) in [6, 6.07) is 0. The highest BCUT2D eigenvalue weighted by atomic mass is 19.3. The summed E-state index contributed by atoms with van der Waals surface area (Å²) in [5, 5.41) is 3.01. The Morgan fingerprint density at radius 1 is 1.57 bits per heavy atom. The molecule has 5 heteroatoms. The van der Waals surface area contributed by atoms with Crippen LogP contribution in [0.4, 0.5) is 8.78 Å². The molecule has 0 spiro atoms. The Morgan fingerprint density at radius 2 is 2.14 bits per heavy atom. The summed E-state index contributed by atoms with van der Waals surface area (Å²) in [5.74, 6) is -4.71. The Labute approximate surface area is 81.8 Å². The van der Waals surface area contributed by atoms with Crippen LogP contribution in [0.5, 0.6) is 0 Å². The lowest BCUT2D eigenvalue weighted by atomic mass is 10.1. The van der Waals surface area contributed by atoms with Gasteiger partial charge in [0.2, 0.25) is 0 Å². The topological polar surface area (TPSA) is 38.3 Å². The van der Waals surface area contributed by atoms with Gasteiger partial charge in [-0.3, -0.25) is 0 Å². The lowest BCUT2D eigenvalue weighted by molar-refractivity contribution is -0.159. The molecule has 0 aromatic rings. The molecule has 0 aromatic heterocycles. The van der Waals surface area contributed by atoms with Gasteiger partial charge in [0.25, 0.3) is 0 Å². The van der Waals surface area contributed by atoms with Crippen molar-refractivity contribution in [2.24, 2.45) is 0 Å². The zero-order chi connectivity index (χ0) is 11.0. The average molecular weight is 207 g/mol. The van der Waals surface area contributed by atoms with Crippen LogP contribution in [0.2, 0.25) is 0 Å². The van der Waals surface area contributed by atoms with E-state index in [1.54, 1.807) is 0 Å². The van der Waals surface area contributed by atoms with E-state index in [-0.39, 0.29) is 12.1 Å². The van der Waals surface area contributed by atoms with Crippen molar-refractivity contribution in [1.82, 2.24) is 5.32 Å². The molecule has 1 rings (SSSR count). The normalized spacial score (nSPS) is 26.4. The number of cyclic esters (lactones) is 1. The molecule has 1 fully saturated rings. The maximum atomic E-state index is 12.7. The van der Waals surface area contributed by atoms with Crippen molar-refractivity contribution >= 4 is 5.97 Å². The van der Waals surface area contributed by atoms with Gasteiger partial charge in [-0.15, -0.1) is 0 Å². The van der Waals surface area contributed by atoms with E-state index in [0.717, 1.165) is 0 Å². The first kappa shape index (κ1) is 11.4. The number of nitrogens with one attached hydrogen (secondary N) is 1. The number of carbonyl (C=O) groups is 1. The van der Waals surface area contributed by atoms with Gasteiger partial charge in [-0.2, -0.15) is 8.78 Å². The maximum absolute atomic E-state index is 12.7. The number of halogens is 2. The Hall–Kier alpha value is -0.710. The quantitative estimate of drug-likeness (QED) is 0.694. The minimum absolute atomic E-state index is 0.162. The first-order valence-corrected chi connectivity index (χ1v) is 4.55. The monoisotopic (exact) mass is 207 g/mol. The molecular weight excluding hydrogens is 192 g/mol. The summed E-state index contributed by atoms with van der Waals surface area (Å²) in [7, 11) is 0. The van der Waals surface area contributed by atoms with Gasteiger partial charge >= 0.3 is 11.9 Å². The van der Waals surface area contributed by atoms with Crippen LogP contribution >= 0.6 is 0 Å². The standard InChI is InChI=1S/C9H15F2NO2/c1-8(2,3)12-5-6-4-9(10,11)7(13)14-6/h6,12H,4-5H2,1-3H3. The van der Waals surface area contributed by atoms with Crippen molar-refractivity contribution in [3.63, 3.8) is 0 Å². The Kier molecular flexibility index (Phi) is 2.81. The highest BCUT2D eigenvalue weighted by Crippen LogP contribution is 2.30. The molecule has 0 aromatic carbocycles. The van der Waals surface area contributed by atoms with E-state index in [1.807, 2.05) is 20.8 Å². The van der Waals surface area contributed by atoms with Crippen molar-refractivity contribution in [3.8, 4) is 0 Å². The number of rotatable bonds is 2. The summed E-state index contributed by atoms with van der Waals surface area (Å²) < 4.78 is 29.9. The molecule has 0 bridgehead atoms. The van der Waals surface area contributed by atoms with E-state index < -0.39 is 24.4 Å². The zero-order valence-corrected chi connectivity index (χ0v) is 8.56. The third kappa shape index (κ3) is 2.90. The third-order valence-corrected chi connectivity index (χ3v) is 1.92. The number of hydrogen-bond donors (Lipinski definition) is 1. The van der Waals surface area contributed by atoms with Crippen molar-refractivity contribution < 1.29 is 18.3 Å². The van der Waals surface area contributed by atoms with E-state index in [4.69, 9.17) is 0 Å². The number of ether oxygens (including phenoxy) is 1. The summed E-state index contributed by atoms with van der Waals surface area (Å²) in [5.41, 5.74) is -0.162. The van der Waals surface area contributed by atoms with E-state index in [2.05, 4.69) is 10.1 Å². The summed E-state index contributed by atoms with van der Waals surface area (Å²) in [4.78, 5) is 10.6. The average Bonchev–Trinajstić information content (AvgIpc) is 2.21. The van der Waals surface area contributed by atoms with Crippen LogP contribution in [-0.4, -0.2) is 30.1 Å². The van der Waals surface area contributed by atoms with E-state index >= 15 is 0 Å². The molecule has 82 valence electrons. The second-order valence-electron chi connectivity index (χ2n) is 4.57. The first-order chi connectivity index (χ1) is 6.21. The molecule has 1 N–H and O–H groups in total. The minimum Gasteiger partial charge on any atom is -0.456 e. The smallest absolute Gasteiger partial charge is 0.377 e. The van der Waals surface area contributed by atoms with Gasteiger partial charge in [-0.1, -0.05) is 0 Å². The molecule has 1 heterocycles. The van der Waals surface area contributed by atoms with E-state index in [1.165, 1.54) is 0 Å².